The van der Waals surface area contributed by atoms with Crippen LogP contribution in [0.4, 0.5) is 11.8 Å². The number of hydrogen-bond donors (Lipinski definition) is 1. The highest BCUT2D eigenvalue weighted by Gasteiger charge is 2.41. The Kier molecular flexibility index (Phi) is 3.31. The fourth-order valence-corrected chi connectivity index (χ4v) is 2.91. The third kappa shape index (κ3) is 2.52. The summed E-state index contributed by atoms with van der Waals surface area (Å²) in [4.78, 5) is 13.5. The first-order valence-corrected chi connectivity index (χ1v) is 7.23. The second kappa shape index (κ2) is 4.96. The van der Waals surface area contributed by atoms with Crippen LogP contribution in [0.1, 0.15) is 19.8 Å². The Morgan fingerprint density at radius 3 is 2.89 bits per heavy atom. The quantitative estimate of drug-likeness (QED) is 0.879. The Labute approximate surface area is 114 Å². The standard InChI is InChI=1S/C14H23N5/c1-3-18(2)13-6-7-16-14(17-13)19-8-11(10-4-5-10)12(15)9-19/h6-7,10-12H,3-5,8-9,15H2,1-2H3/t11-,12+/m1/s1. The Morgan fingerprint density at radius 2 is 2.21 bits per heavy atom. The van der Waals surface area contributed by atoms with Crippen molar-refractivity contribution >= 4 is 11.8 Å². The van der Waals surface area contributed by atoms with E-state index >= 15 is 0 Å². The summed E-state index contributed by atoms with van der Waals surface area (Å²) in [7, 11) is 2.05. The van der Waals surface area contributed by atoms with Crippen molar-refractivity contribution in [3.05, 3.63) is 12.3 Å². The summed E-state index contributed by atoms with van der Waals surface area (Å²) in [5.74, 6) is 3.30. The highest BCUT2D eigenvalue weighted by molar-refractivity contribution is 5.44. The molecule has 3 rings (SSSR count). The highest BCUT2D eigenvalue weighted by Crippen LogP contribution is 2.41. The predicted molar refractivity (Wildman–Crippen MR) is 77.4 cm³/mol. The summed E-state index contributed by atoms with van der Waals surface area (Å²) in [5.41, 5.74) is 6.26. The molecule has 0 amide bonds. The third-order valence-electron chi connectivity index (χ3n) is 4.42. The topological polar surface area (TPSA) is 58.3 Å². The molecule has 1 saturated heterocycles. The van der Waals surface area contributed by atoms with E-state index in [0.29, 0.717) is 5.92 Å². The first kappa shape index (κ1) is 12.7. The fourth-order valence-electron chi connectivity index (χ4n) is 2.91. The lowest BCUT2D eigenvalue weighted by atomic mass is 9.99. The van der Waals surface area contributed by atoms with Gasteiger partial charge in [0.25, 0.3) is 0 Å². The van der Waals surface area contributed by atoms with Crippen LogP contribution in [0.15, 0.2) is 12.3 Å². The van der Waals surface area contributed by atoms with Gasteiger partial charge in [-0.15, -0.1) is 0 Å². The van der Waals surface area contributed by atoms with Crippen molar-refractivity contribution in [2.45, 2.75) is 25.8 Å². The Bertz CT molecular complexity index is 445. The van der Waals surface area contributed by atoms with E-state index in [1.54, 1.807) is 0 Å². The maximum absolute atomic E-state index is 6.26. The number of nitrogens with two attached hydrogens (primary N) is 1. The molecule has 0 unspecified atom stereocenters. The van der Waals surface area contributed by atoms with Crippen molar-refractivity contribution in [1.82, 2.24) is 9.97 Å². The molecular weight excluding hydrogens is 238 g/mol. The summed E-state index contributed by atoms with van der Waals surface area (Å²) in [6.07, 6.45) is 4.55. The smallest absolute Gasteiger partial charge is 0.227 e. The molecule has 0 radical (unpaired) electrons. The van der Waals surface area contributed by atoms with Gasteiger partial charge in [-0.2, -0.15) is 4.98 Å². The molecule has 2 aliphatic rings. The third-order valence-corrected chi connectivity index (χ3v) is 4.42. The zero-order valence-electron chi connectivity index (χ0n) is 11.8. The molecule has 5 nitrogen and oxygen atoms in total. The fraction of sp³-hybridized carbons (Fsp3) is 0.714. The van der Waals surface area contributed by atoms with Gasteiger partial charge in [0.05, 0.1) is 0 Å². The minimum atomic E-state index is 0.281. The normalized spacial score (nSPS) is 26.8. The van der Waals surface area contributed by atoms with E-state index in [0.717, 1.165) is 37.3 Å². The molecular formula is C14H23N5. The number of nitrogens with zero attached hydrogens (tertiary/aromatic N) is 4. The van der Waals surface area contributed by atoms with Crippen molar-refractivity contribution in [3.8, 4) is 0 Å². The molecule has 2 N–H and O–H groups in total. The molecule has 1 aliphatic heterocycles. The molecule has 2 atom stereocenters. The summed E-state index contributed by atoms with van der Waals surface area (Å²) in [6, 6.07) is 2.24. The summed E-state index contributed by atoms with van der Waals surface area (Å²) in [5, 5.41) is 0. The van der Waals surface area contributed by atoms with Gasteiger partial charge in [-0.05, 0) is 37.7 Å². The van der Waals surface area contributed by atoms with Gasteiger partial charge in [0.2, 0.25) is 5.95 Å². The molecule has 5 heteroatoms. The molecule has 2 fully saturated rings. The van der Waals surface area contributed by atoms with Gasteiger partial charge in [0, 0.05) is 38.9 Å². The van der Waals surface area contributed by atoms with Crippen LogP contribution >= 0.6 is 0 Å². The zero-order chi connectivity index (χ0) is 13.4. The number of anilines is 2. The molecule has 1 aromatic heterocycles. The lowest BCUT2D eigenvalue weighted by Gasteiger charge is -2.20. The van der Waals surface area contributed by atoms with Gasteiger partial charge in [0.15, 0.2) is 0 Å². The predicted octanol–water partition coefficient (Wildman–Crippen LogP) is 1.11. The largest absolute Gasteiger partial charge is 0.360 e. The van der Waals surface area contributed by atoms with Crippen LogP contribution in [0.2, 0.25) is 0 Å². The van der Waals surface area contributed by atoms with Crippen LogP contribution in [-0.2, 0) is 0 Å². The molecule has 104 valence electrons. The second-order valence-electron chi connectivity index (χ2n) is 5.80. The van der Waals surface area contributed by atoms with Gasteiger partial charge in [-0.25, -0.2) is 4.98 Å². The van der Waals surface area contributed by atoms with E-state index in [-0.39, 0.29) is 6.04 Å². The first-order valence-electron chi connectivity index (χ1n) is 7.23. The number of aromatic nitrogens is 2. The second-order valence-corrected chi connectivity index (χ2v) is 5.80. The first-order chi connectivity index (χ1) is 9.19. The maximum atomic E-state index is 6.26. The van der Waals surface area contributed by atoms with Crippen molar-refractivity contribution in [2.24, 2.45) is 17.6 Å². The lowest BCUT2D eigenvalue weighted by Crippen LogP contribution is -2.30. The van der Waals surface area contributed by atoms with Crippen molar-refractivity contribution in [3.63, 3.8) is 0 Å². The molecule has 19 heavy (non-hydrogen) atoms. The van der Waals surface area contributed by atoms with Crippen molar-refractivity contribution < 1.29 is 0 Å². The molecule has 2 heterocycles. The monoisotopic (exact) mass is 261 g/mol. The minimum absolute atomic E-state index is 0.281. The van der Waals surface area contributed by atoms with Crippen LogP contribution in [-0.4, -0.2) is 42.7 Å². The van der Waals surface area contributed by atoms with Crippen LogP contribution in [0.5, 0.6) is 0 Å². The van der Waals surface area contributed by atoms with Gasteiger partial charge < -0.3 is 15.5 Å². The molecule has 0 spiro atoms. The Balaban J connectivity index is 1.75. The average Bonchev–Trinajstić information content (AvgIpc) is 3.21. The van der Waals surface area contributed by atoms with Crippen molar-refractivity contribution in [1.29, 1.82) is 0 Å². The van der Waals surface area contributed by atoms with E-state index in [4.69, 9.17) is 5.73 Å². The summed E-state index contributed by atoms with van der Waals surface area (Å²) >= 11 is 0. The number of rotatable bonds is 4. The van der Waals surface area contributed by atoms with E-state index in [1.165, 1.54) is 12.8 Å². The highest BCUT2D eigenvalue weighted by atomic mass is 15.3. The Morgan fingerprint density at radius 1 is 1.42 bits per heavy atom. The number of hydrogen-bond acceptors (Lipinski definition) is 5. The molecule has 1 saturated carbocycles. The van der Waals surface area contributed by atoms with E-state index in [9.17, 15) is 0 Å². The van der Waals surface area contributed by atoms with Crippen LogP contribution < -0.4 is 15.5 Å². The van der Waals surface area contributed by atoms with E-state index < -0.39 is 0 Å². The molecule has 0 bridgehead atoms. The Hall–Kier alpha value is -1.36. The van der Waals surface area contributed by atoms with Crippen LogP contribution in [0.3, 0.4) is 0 Å². The SMILES string of the molecule is CCN(C)c1ccnc(N2C[C@H](C3CC3)[C@@H](N)C2)n1. The summed E-state index contributed by atoms with van der Waals surface area (Å²) < 4.78 is 0. The van der Waals surface area contributed by atoms with Crippen LogP contribution in [0.25, 0.3) is 0 Å². The summed E-state index contributed by atoms with van der Waals surface area (Å²) in [6.45, 7) is 4.98. The molecule has 1 aromatic rings. The van der Waals surface area contributed by atoms with Gasteiger partial charge in [-0.3, -0.25) is 0 Å². The van der Waals surface area contributed by atoms with Crippen molar-refractivity contribution in [2.75, 3.05) is 36.5 Å². The van der Waals surface area contributed by atoms with Gasteiger partial charge in [0.1, 0.15) is 5.82 Å². The van der Waals surface area contributed by atoms with E-state index in [1.807, 2.05) is 12.3 Å². The van der Waals surface area contributed by atoms with Gasteiger partial charge >= 0.3 is 0 Å². The van der Waals surface area contributed by atoms with Crippen LogP contribution in [0, 0.1) is 11.8 Å². The maximum Gasteiger partial charge on any atom is 0.227 e. The van der Waals surface area contributed by atoms with E-state index in [2.05, 4.69) is 33.7 Å². The minimum Gasteiger partial charge on any atom is -0.360 e. The zero-order valence-corrected chi connectivity index (χ0v) is 11.8. The molecule has 0 aromatic carbocycles. The average molecular weight is 261 g/mol. The molecule has 1 aliphatic carbocycles. The van der Waals surface area contributed by atoms with Gasteiger partial charge in [-0.1, -0.05) is 0 Å². The lowest BCUT2D eigenvalue weighted by molar-refractivity contribution is 0.456.